The van der Waals surface area contributed by atoms with Gasteiger partial charge in [0.2, 0.25) is 5.88 Å². The lowest BCUT2D eigenvalue weighted by Crippen LogP contribution is -2.34. The number of nitrogens with zero attached hydrogens (tertiary/aromatic N) is 3. The molecule has 1 aromatic heterocycles. The van der Waals surface area contributed by atoms with Crippen molar-refractivity contribution in [3.05, 3.63) is 35.7 Å². The van der Waals surface area contributed by atoms with Crippen molar-refractivity contribution in [3.8, 4) is 11.6 Å². The molecular weight excluding hydrogens is 288 g/mol. The third-order valence-electron chi connectivity index (χ3n) is 4.29. The van der Waals surface area contributed by atoms with E-state index >= 15 is 0 Å². The molecule has 0 spiro atoms. The van der Waals surface area contributed by atoms with Gasteiger partial charge in [-0.1, -0.05) is 19.1 Å². The lowest BCUT2D eigenvalue weighted by molar-refractivity contribution is 0.434. The van der Waals surface area contributed by atoms with E-state index in [-0.39, 0.29) is 0 Å². The summed E-state index contributed by atoms with van der Waals surface area (Å²) in [7, 11) is 0. The Labute approximate surface area is 137 Å². The molecule has 5 heteroatoms. The average Bonchev–Trinajstić information content (AvgIpc) is 2.51. The number of aromatic nitrogens is 2. The maximum atomic E-state index is 6.31. The van der Waals surface area contributed by atoms with E-state index in [2.05, 4.69) is 21.8 Å². The summed E-state index contributed by atoms with van der Waals surface area (Å²) in [5, 5.41) is 0. The summed E-state index contributed by atoms with van der Waals surface area (Å²) in [6.07, 6.45) is 2.33. The monoisotopic (exact) mass is 312 g/mol. The van der Waals surface area contributed by atoms with Crippen LogP contribution >= 0.6 is 0 Å². The number of ether oxygens (including phenoxy) is 1. The minimum absolute atomic E-state index is 0.441. The summed E-state index contributed by atoms with van der Waals surface area (Å²) >= 11 is 0. The fourth-order valence-corrected chi connectivity index (χ4v) is 2.87. The van der Waals surface area contributed by atoms with Crippen LogP contribution in [0.1, 0.15) is 31.2 Å². The number of aryl methyl sites for hydroxylation is 2. The fourth-order valence-electron chi connectivity index (χ4n) is 2.87. The summed E-state index contributed by atoms with van der Waals surface area (Å²) in [4.78, 5) is 11.2. The highest BCUT2D eigenvalue weighted by atomic mass is 16.5. The Morgan fingerprint density at radius 2 is 1.91 bits per heavy atom. The van der Waals surface area contributed by atoms with Crippen molar-refractivity contribution in [3.63, 3.8) is 0 Å². The fraction of sp³-hybridized carbons (Fsp3) is 0.444. The van der Waals surface area contributed by atoms with E-state index in [4.69, 9.17) is 10.5 Å². The van der Waals surface area contributed by atoms with Gasteiger partial charge in [0.05, 0.1) is 0 Å². The molecule has 1 saturated heterocycles. The van der Waals surface area contributed by atoms with E-state index in [1.54, 1.807) is 0 Å². The zero-order valence-electron chi connectivity index (χ0n) is 14.0. The second kappa shape index (κ2) is 6.44. The molecular formula is C18H24N4O. The molecule has 5 nitrogen and oxygen atoms in total. The number of anilines is 2. The van der Waals surface area contributed by atoms with Crippen LogP contribution in [0.4, 0.5) is 11.5 Å². The van der Waals surface area contributed by atoms with E-state index < -0.39 is 0 Å². The third kappa shape index (κ3) is 3.55. The summed E-state index contributed by atoms with van der Waals surface area (Å²) < 4.78 is 5.92. The molecule has 0 saturated carbocycles. The lowest BCUT2D eigenvalue weighted by Gasteiger charge is -2.32. The molecule has 1 aliphatic heterocycles. The van der Waals surface area contributed by atoms with Gasteiger partial charge in [-0.25, -0.2) is 4.98 Å². The Balaban J connectivity index is 1.89. The van der Waals surface area contributed by atoms with Crippen molar-refractivity contribution in [2.45, 2.75) is 33.6 Å². The van der Waals surface area contributed by atoms with Gasteiger partial charge in [0.1, 0.15) is 17.3 Å². The van der Waals surface area contributed by atoms with Gasteiger partial charge in [0.25, 0.3) is 0 Å². The van der Waals surface area contributed by atoms with Crippen LogP contribution in [0.15, 0.2) is 24.3 Å². The highest BCUT2D eigenvalue weighted by Crippen LogP contribution is 2.34. The second-order valence-electron chi connectivity index (χ2n) is 6.40. The van der Waals surface area contributed by atoms with Gasteiger partial charge < -0.3 is 15.4 Å². The first-order valence-electron chi connectivity index (χ1n) is 8.16. The van der Waals surface area contributed by atoms with Crippen molar-refractivity contribution in [1.29, 1.82) is 0 Å². The lowest BCUT2D eigenvalue weighted by atomic mass is 9.99. The molecule has 0 unspecified atom stereocenters. The predicted octanol–water partition coefficient (Wildman–Crippen LogP) is 3.70. The van der Waals surface area contributed by atoms with Crippen LogP contribution in [0.5, 0.6) is 11.6 Å². The maximum Gasteiger partial charge on any atom is 0.248 e. The molecule has 1 aromatic carbocycles. The molecule has 1 aliphatic rings. The van der Waals surface area contributed by atoms with E-state index in [0.717, 1.165) is 49.0 Å². The number of nitrogen functional groups attached to an aromatic ring is 1. The molecule has 122 valence electrons. The molecule has 0 radical (unpaired) electrons. The first kappa shape index (κ1) is 15.6. The van der Waals surface area contributed by atoms with Gasteiger partial charge in [-0.2, -0.15) is 4.98 Å². The Hall–Kier alpha value is -2.30. The number of hydrogen-bond acceptors (Lipinski definition) is 5. The predicted molar refractivity (Wildman–Crippen MR) is 93.0 cm³/mol. The number of hydrogen-bond donors (Lipinski definition) is 1. The van der Waals surface area contributed by atoms with Crippen molar-refractivity contribution in [2.24, 2.45) is 5.92 Å². The van der Waals surface area contributed by atoms with Gasteiger partial charge in [0, 0.05) is 13.1 Å². The quantitative estimate of drug-likeness (QED) is 0.936. The first-order valence-corrected chi connectivity index (χ1v) is 8.16. The summed E-state index contributed by atoms with van der Waals surface area (Å²) in [5.41, 5.74) is 7.97. The van der Waals surface area contributed by atoms with Crippen LogP contribution in [0.3, 0.4) is 0 Å². The van der Waals surface area contributed by atoms with Crippen LogP contribution in [0.25, 0.3) is 0 Å². The molecule has 23 heavy (non-hydrogen) atoms. The maximum absolute atomic E-state index is 6.31. The van der Waals surface area contributed by atoms with Crippen LogP contribution in [0.2, 0.25) is 0 Å². The molecule has 3 rings (SSSR count). The molecule has 1 fully saturated rings. The minimum Gasteiger partial charge on any atom is -0.437 e. The van der Waals surface area contributed by atoms with Crippen LogP contribution < -0.4 is 15.4 Å². The van der Waals surface area contributed by atoms with Crippen molar-refractivity contribution < 1.29 is 4.74 Å². The van der Waals surface area contributed by atoms with E-state index in [9.17, 15) is 0 Å². The summed E-state index contributed by atoms with van der Waals surface area (Å²) in [6.45, 7) is 8.15. The number of piperidine rings is 1. The second-order valence-corrected chi connectivity index (χ2v) is 6.40. The SMILES string of the molecule is Cc1cccc(Oc2nc(C)nc(N3CCC(C)CC3)c2N)c1. The zero-order chi connectivity index (χ0) is 16.4. The molecule has 0 amide bonds. The average molecular weight is 312 g/mol. The number of rotatable bonds is 3. The normalized spacial score (nSPS) is 15.7. The number of nitrogens with two attached hydrogens (primary N) is 1. The van der Waals surface area contributed by atoms with Gasteiger partial charge in [-0.15, -0.1) is 0 Å². The van der Waals surface area contributed by atoms with Gasteiger partial charge in [0.15, 0.2) is 5.82 Å². The topological polar surface area (TPSA) is 64.3 Å². The molecule has 2 heterocycles. The van der Waals surface area contributed by atoms with Crippen LogP contribution in [0, 0.1) is 19.8 Å². The zero-order valence-corrected chi connectivity index (χ0v) is 14.0. The first-order chi connectivity index (χ1) is 11.0. The Kier molecular flexibility index (Phi) is 4.37. The molecule has 0 aliphatic carbocycles. The van der Waals surface area contributed by atoms with Gasteiger partial charge >= 0.3 is 0 Å². The number of benzene rings is 1. The minimum atomic E-state index is 0.441. The molecule has 0 atom stereocenters. The molecule has 2 N–H and O–H groups in total. The Morgan fingerprint density at radius 1 is 1.17 bits per heavy atom. The van der Waals surface area contributed by atoms with Gasteiger partial charge in [-0.05, 0) is 50.3 Å². The van der Waals surface area contributed by atoms with E-state index in [1.165, 1.54) is 0 Å². The van der Waals surface area contributed by atoms with Crippen molar-refractivity contribution >= 4 is 11.5 Å². The molecule has 2 aromatic rings. The van der Waals surface area contributed by atoms with E-state index in [1.807, 2.05) is 38.1 Å². The van der Waals surface area contributed by atoms with E-state index in [0.29, 0.717) is 17.4 Å². The molecule has 0 bridgehead atoms. The summed E-state index contributed by atoms with van der Waals surface area (Å²) in [6, 6.07) is 7.87. The van der Waals surface area contributed by atoms with Crippen molar-refractivity contribution in [2.75, 3.05) is 23.7 Å². The Bertz CT molecular complexity index is 693. The van der Waals surface area contributed by atoms with Crippen LogP contribution in [-0.2, 0) is 0 Å². The third-order valence-corrected chi connectivity index (χ3v) is 4.29. The Morgan fingerprint density at radius 3 is 2.61 bits per heavy atom. The highest BCUT2D eigenvalue weighted by molar-refractivity contribution is 5.68. The van der Waals surface area contributed by atoms with Crippen molar-refractivity contribution in [1.82, 2.24) is 9.97 Å². The largest absolute Gasteiger partial charge is 0.437 e. The standard InChI is InChI=1S/C18H24N4O/c1-12-7-9-22(10-8-12)17-16(19)18(21-14(3)20-17)23-15-6-4-5-13(2)11-15/h4-6,11-12H,7-10,19H2,1-3H3. The summed E-state index contributed by atoms with van der Waals surface area (Å²) in [5.74, 6) is 3.42. The smallest absolute Gasteiger partial charge is 0.248 e. The van der Waals surface area contributed by atoms with Crippen LogP contribution in [-0.4, -0.2) is 23.1 Å². The van der Waals surface area contributed by atoms with Gasteiger partial charge in [-0.3, -0.25) is 0 Å². The highest BCUT2D eigenvalue weighted by Gasteiger charge is 2.22.